The van der Waals surface area contributed by atoms with Crippen LogP contribution in [0.5, 0.6) is 0 Å². The number of hydrogen-bond acceptors (Lipinski definition) is 7. The van der Waals surface area contributed by atoms with Crippen LogP contribution in [0, 0.1) is 0 Å². The van der Waals surface area contributed by atoms with E-state index in [1.54, 1.807) is 17.7 Å². The zero-order valence-corrected chi connectivity index (χ0v) is 19.5. The highest BCUT2D eigenvalue weighted by molar-refractivity contribution is 8.00. The van der Waals surface area contributed by atoms with E-state index in [1.165, 1.54) is 46.8 Å². The number of nitrogens with zero attached hydrogens (tertiary/aromatic N) is 3. The highest BCUT2D eigenvalue weighted by Gasteiger charge is 2.23. The summed E-state index contributed by atoms with van der Waals surface area (Å²) in [5.41, 5.74) is 5.17. The lowest BCUT2D eigenvalue weighted by Gasteiger charge is -2.19. The highest BCUT2D eigenvalue weighted by atomic mass is 32.2. The van der Waals surface area contributed by atoms with Gasteiger partial charge < -0.3 is 4.74 Å². The van der Waals surface area contributed by atoms with Crippen LogP contribution in [-0.2, 0) is 28.8 Å². The summed E-state index contributed by atoms with van der Waals surface area (Å²) < 4.78 is 6.39. The number of carbonyl (C=O) groups excluding carboxylic acids is 1. The lowest BCUT2D eigenvalue weighted by Crippen LogP contribution is -2.09. The maximum Gasteiger partial charge on any atom is 0.316 e. The average molecular weight is 444 g/mol. The van der Waals surface area contributed by atoms with Gasteiger partial charge in [0.2, 0.25) is 0 Å². The van der Waals surface area contributed by atoms with Gasteiger partial charge in [-0.2, -0.15) is 0 Å². The van der Waals surface area contributed by atoms with Gasteiger partial charge in [-0.05, 0) is 49.7 Å². The molecule has 30 heavy (non-hydrogen) atoms. The Labute approximate surface area is 186 Å². The molecule has 0 unspecified atom stereocenters. The zero-order chi connectivity index (χ0) is 20.9. The number of thioether (sulfide) groups is 1. The molecule has 3 aromatic heterocycles. The van der Waals surface area contributed by atoms with Gasteiger partial charge in [-0.15, -0.1) is 11.3 Å². The molecule has 5 nitrogen and oxygen atoms in total. The maximum atomic E-state index is 12.1. The summed E-state index contributed by atoms with van der Waals surface area (Å²) >= 11 is 3.11. The number of hydrogen-bond donors (Lipinski definition) is 0. The van der Waals surface area contributed by atoms with Gasteiger partial charge in [-0.3, -0.25) is 4.79 Å². The number of unbranched alkanes of at least 4 members (excludes halogenated alkanes) is 2. The van der Waals surface area contributed by atoms with Crippen molar-refractivity contribution in [3.8, 4) is 0 Å². The normalized spacial score (nSPS) is 13.7. The van der Waals surface area contributed by atoms with Crippen LogP contribution in [0.25, 0.3) is 20.4 Å². The van der Waals surface area contributed by atoms with Crippen molar-refractivity contribution in [3.05, 3.63) is 23.1 Å². The lowest BCUT2D eigenvalue weighted by atomic mass is 9.88. The van der Waals surface area contributed by atoms with Crippen LogP contribution in [0.4, 0.5) is 0 Å². The molecule has 160 valence electrons. The topological polar surface area (TPSA) is 65.0 Å². The fourth-order valence-corrected chi connectivity index (χ4v) is 6.22. The monoisotopic (exact) mass is 443 g/mol. The first-order valence-electron chi connectivity index (χ1n) is 11.1. The van der Waals surface area contributed by atoms with Gasteiger partial charge in [0.25, 0.3) is 0 Å². The van der Waals surface area contributed by atoms with Crippen molar-refractivity contribution in [1.29, 1.82) is 0 Å². The largest absolute Gasteiger partial charge is 0.465 e. The van der Waals surface area contributed by atoms with Crippen LogP contribution in [0.3, 0.4) is 0 Å². The van der Waals surface area contributed by atoms with E-state index in [4.69, 9.17) is 9.72 Å². The first kappa shape index (κ1) is 21.5. The number of esters is 1. The summed E-state index contributed by atoms with van der Waals surface area (Å²) in [6, 6.07) is 0. The molecule has 3 heterocycles. The van der Waals surface area contributed by atoms with E-state index in [2.05, 4.69) is 23.8 Å². The maximum absolute atomic E-state index is 12.1. The minimum atomic E-state index is -0.176. The number of ether oxygens (including phenoxy) is 1. The number of rotatable bonds is 9. The van der Waals surface area contributed by atoms with Crippen molar-refractivity contribution >= 4 is 49.5 Å². The molecule has 0 spiro atoms. The van der Waals surface area contributed by atoms with Gasteiger partial charge >= 0.3 is 5.97 Å². The minimum absolute atomic E-state index is 0.176. The predicted molar refractivity (Wildman–Crippen MR) is 125 cm³/mol. The molecule has 0 radical (unpaired) electrons. The number of pyridine rings is 1. The van der Waals surface area contributed by atoms with E-state index in [0.717, 1.165) is 65.0 Å². The molecular formula is C23H29N3O2S2. The second-order valence-corrected chi connectivity index (χ2v) is 9.79. The van der Waals surface area contributed by atoms with Crippen molar-refractivity contribution in [3.63, 3.8) is 0 Å². The van der Waals surface area contributed by atoms with Gasteiger partial charge in [0.05, 0.1) is 22.6 Å². The summed E-state index contributed by atoms with van der Waals surface area (Å²) in [6.07, 6.45) is 11.6. The van der Waals surface area contributed by atoms with Crippen molar-refractivity contribution in [2.24, 2.45) is 0 Å². The molecule has 0 aromatic carbocycles. The average Bonchev–Trinajstić information content (AvgIpc) is 3.15. The molecular weight excluding hydrogens is 414 g/mol. The third kappa shape index (κ3) is 4.47. The molecule has 0 fully saturated rings. The Morgan fingerprint density at radius 1 is 1.13 bits per heavy atom. The van der Waals surface area contributed by atoms with E-state index < -0.39 is 0 Å². The van der Waals surface area contributed by atoms with Crippen LogP contribution in [-0.4, -0.2) is 33.3 Å². The zero-order valence-electron chi connectivity index (χ0n) is 17.8. The van der Waals surface area contributed by atoms with Crippen molar-refractivity contribution in [2.45, 2.75) is 76.7 Å². The van der Waals surface area contributed by atoms with Crippen LogP contribution in [0.15, 0.2) is 11.4 Å². The van der Waals surface area contributed by atoms with Crippen molar-refractivity contribution in [2.75, 3.05) is 12.4 Å². The molecule has 0 saturated heterocycles. The summed E-state index contributed by atoms with van der Waals surface area (Å²) in [6.45, 7) is 4.86. The van der Waals surface area contributed by atoms with Crippen LogP contribution in [0.2, 0.25) is 0 Å². The fourth-order valence-electron chi connectivity index (χ4n) is 4.17. The molecule has 0 atom stereocenters. The summed E-state index contributed by atoms with van der Waals surface area (Å²) in [5.74, 6) is 0.101. The van der Waals surface area contributed by atoms with E-state index in [-0.39, 0.29) is 11.7 Å². The van der Waals surface area contributed by atoms with Gasteiger partial charge in [0.15, 0.2) is 0 Å². The molecule has 0 saturated carbocycles. The van der Waals surface area contributed by atoms with E-state index in [0.29, 0.717) is 6.61 Å². The summed E-state index contributed by atoms with van der Waals surface area (Å²) in [7, 11) is 0. The van der Waals surface area contributed by atoms with Gasteiger partial charge in [-0.1, -0.05) is 44.9 Å². The molecule has 3 aromatic rings. The molecule has 1 aliphatic rings. The Kier molecular flexibility index (Phi) is 7.20. The predicted octanol–water partition coefficient (Wildman–Crippen LogP) is 5.90. The highest BCUT2D eigenvalue weighted by Crippen LogP contribution is 2.41. The van der Waals surface area contributed by atoms with Crippen LogP contribution in [0.1, 0.15) is 69.2 Å². The van der Waals surface area contributed by atoms with Crippen LogP contribution >= 0.6 is 23.1 Å². The second-order valence-electron chi connectivity index (χ2n) is 7.83. The van der Waals surface area contributed by atoms with Gasteiger partial charge in [0.1, 0.15) is 16.2 Å². The third-order valence-corrected chi connectivity index (χ3v) is 7.77. The SMILES string of the molecule is CCCCCOC(=O)CSc1ncnc2c1sc1nc(CCC)c3c(c12)CCCC3. The Balaban J connectivity index is 1.63. The minimum Gasteiger partial charge on any atom is -0.465 e. The number of aryl methyl sites for hydroxylation is 2. The quantitative estimate of drug-likeness (QED) is 0.178. The number of fused-ring (bicyclic) bond motifs is 5. The molecule has 0 aliphatic heterocycles. The molecule has 0 bridgehead atoms. The third-order valence-electron chi connectivity index (χ3n) is 5.60. The molecule has 0 amide bonds. The molecule has 4 rings (SSSR count). The van der Waals surface area contributed by atoms with E-state index in [9.17, 15) is 4.79 Å². The first-order valence-corrected chi connectivity index (χ1v) is 12.9. The van der Waals surface area contributed by atoms with E-state index >= 15 is 0 Å². The molecule has 7 heteroatoms. The van der Waals surface area contributed by atoms with Gasteiger partial charge in [0, 0.05) is 11.1 Å². The molecule has 0 N–H and O–H groups in total. The van der Waals surface area contributed by atoms with E-state index in [1.807, 2.05) is 0 Å². The Morgan fingerprint density at radius 3 is 2.77 bits per heavy atom. The van der Waals surface area contributed by atoms with Crippen LogP contribution < -0.4 is 0 Å². The number of aromatic nitrogens is 3. The second kappa shape index (κ2) is 10.1. The first-order chi connectivity index (χ1) is 14.7. The lowest BCUT2D eigenvalue weighted by molar-refractivity contribution is -0.140. The smallest absolute Gasteiger partial charge is 0.316 e. The summed E-state index contributed by atoms with van der Waals surface area (Å²) in [4.78, 5) is 27.4. The number of carbonyl (C=O) groups is 1. The molecule has 1 aliphatic carbocycles. The number of thiophene rings is 1. The Hall–Kier alpha value is -1.73. The Morgan fingerprint density at radius 2 is 1.97 bits per heavy atom. The van der Waals surface area contributed by atoms with Crippen molar-refractivity contribution in [1.82, 2.24) is 15.0 Å². The van der Waals surface area contributed by atoms with Crippen molar-refractivity contribution < 1.29 is 9.53 Å². The van der Waals surface area contributed by atoms with Gasteiger partial charge in [-0.25, -0.2) is 15.0 Å². The fraction of sp³-hybridized carbons (Fsp3) is 0.565. The Bertz CT molecular complexity index is 1050. The standard InChI is InChI=1S/C23H29N3O2S2/c1-3-5-8-12-28-18(27)13-29-23-21-20(24-14-25-23)19-16-11-7-6-10-15(16)17(9-4-2)26-22(19)30-21/h14H,3-13H2,1-2H3. The summed E-state index contributed by atoms with van der Waals surface area (Å²) in [5, 5.41) is 2.08.